The van der Waals surface area contributed by atoms with E-state index in [0.29, 0.717) is 6.04 Å². The molecular formula is C11H22NO6-. The molecule has 0 aliphatic rings. The second kappa shape index (κ2) is 9.81. The van der Waals surface area contributed by atoms with Crippen molar-refractivity contribution in [3.05, 3.63) is 0 Å². The molecule has 0 bridgehead atoms. The minimum atomic E-state index is -1.35. The van der Waals surface area contributed by atoms with Crippen LogP contribution < -0.4 is 15.9 Å². The Morgan fingerprint density at radius 3 is 1.72 bits per heavy atom. The highest BCUT2D eigenvalue weighted by Crippen LogP contribution is 2.17. The first-order valence-corrected chi connectivity index (χ1v) is 5.43. The van der Waals surface area contributed by atoms with Crippen molar-refractivity contribution in [2.45, 2.75) is 38.3 Å². The average Bonchev–Trinajstić information content (AvgIpc) is 2.15. The average molecular weight is 264 g/mol. The number of carboxylic acid groups (broad SMARTS) is 2. The van der Waals surface area contributed by atoms with Crippen LogP contribution in [-0.4, -0.2) is 44.4 Å². The van der Waals surface area contributed by atoms with Crippen LogP contribution in [0.2, 0.25) is 0 Å². The largest absolute Gasteiger partial charge is 0.550 e. The lowest BCUT2D eigenvalue weighted by Crippen LogP contribution is -2.61. The highest BCUT2D eigenvalue weighted by molar-refractivity contribution is 5.70. The summed E-state index contributed by atoms with van der Waals surface area (Å²) in [4.78, 5) is 20.3. The molecule has 0 saturated carbocycles. The van der Waals surface area contributed by atoms with Gasteiger partial charge in [-0.2, -0.15) is 0 Å². The highest BCUT2D eigenvalue weighted by atomic mass is 16.5. The maximum Gasteiger partial charge on any atom is 0.105 e. The van der Waals surface area contributed by atoms with Crippen LogP contribution in [0, 0.1) is 0 Å². The van der Waals surface area contributed by atoms with Gasteiger partial charge in [0.1, 0.15) is 6.04 Å². The van der Waals surface area contributed by atoms with Gasteiger partial charge in [-0.1, -0.05) is 0 Å². The third-order valence-electron chi connectivity index (χ3n) is 1.98. The number of hydrogen-bond donors (Lipinski definition) is 1. The van der Waals surface area contributed by atoms with Crippen molar-refractivity contribution in [1.29, 1.82) is 0 Å². The van der Waals surface area contributed by atoms with Crippen LogP contribution in [0.5, 0.6) is 0 Å². The third kappa shape index (κ3) is 12.9. The number of rotatable bonds is 7. The number of methoxy groups -OCH3 is 2. The number of carbonyl (C=O) groups excluding carboxylic acids is 2. The molecule has 0 spiro atoms. The molecule has 0 amide bonds. The Bertz CT molecular complexity index is 238. The third-order valence-corrected chi connectivity index (χ3v) is 1.98. The molecule has 0 saturated heterocycles. The summed E-state index contributed by atoms with van der Waals surface area (Å²) >= 11 is 0. The summed E-state index contributed by atoms with van der Waals surface area (Å²) in [6.07, 6.45) is -0.922. The summed E-state index contributed by atoms with van der Waals surface area (Å²) in [7, 11) is 2.92. The highest BCUT2D eigenvalue weighted by Gasteiger charge is 2.23. The van der Waals surface area contributed by atoms with Gasteiger partial charge in [-0.25, -0.2) is 0 Å². The number of aliphatic carboxylic acids is 2. The van der Waals surface area contributed by atoms with Gasteiger partial charge in [0.15, 0.2) is 0 Å². The molecule has 0 aliphatic carbocycles. The van der Waals surface area contributed by atoms with Gasteiger partial charge in [0.25, 0.3) is 0 Å². The first-order valence-electron chi connectivity index (χ1n) is 5.43. The Morgan fingerprint density at radius 2 is 1.61 bits per heavy atom. The first kappa shape index (κ1) is 19.2. The fraction of sp³-hybridized carbons (Fsp3) is 0.818. The van der Waals surface area contributed by atoms with Crippen LogP contribution in [0.3, 0.4) is 0 Å². The van der Waals surface area contributed by atoms with Gasteiger partial charge < -0.3 is 35.0 Å². The molecule has 0 rings (SSSR count). The van der Waals surface area contributed by atoms with Crippen molar-refractivity contribution >= 4 is 11.9 Å². The van der Waals surface area contributed by atoms with E-state index in [0.717, 1.165) is 6.61 Å². The van der Waals surface area contributed by atoms with Crippen LogP contribution in [0.4, 0.5) is 0 Å². The molecule has 0 aromatic rings. The smallest absolute Gasteiger partial charge is 0.105 e. The molecule has 108 valence electrons. The Hall–Kier alpha value is -1.18. The van der Waals surface area contributed by atoms with Gasteiger partial charge in [-0.05, 0) is 13.8 Å². The van der Waals surface area contributed by atoms with E-state index >= 15 is 0 Å². The number of carbonyl (C=O) groups is 2. The van der Waals surface area contributed by atoms with E-state index in [9.17, 15) is 19.8 Å². The minimum absolute atomic E-state index is 0.426. The van der Waals surface area contributed by atoms with Crippen LogP contribution in [0.25, 0.3) is 0 Å². The summed E-state index contributed by atoms with van der Waals surface area (Å²) in [5, 5.41) is 20.3. The summed E-state index contributed by atoms with van der Waals surface area (Å²) in [6, 6.07) is 0.426. The van der Waals surface area contributed by atoms with Crippen molar-refractivity contribution in [3.8, 4) is 0 Å². The van der Waals surface area contributed by atoms with E-state index in [1.165, 1.54) is 14.0 Å². The van der Waals surface area contributed by atoms with Crippen molar-refractivity contribution in [2.75, 3.05) is 20.8 Å². The molecule has 1 atom stereocenters. The van der Waals surface area contributed by atoms with Crippen LogP contribution >= 0.6 is 0 Å². The molecule has 0 aromatic heterocycles. The Morgan fingerprint density at radius 1 is 1.22 bits per heavy atom. The lowest BCUT2D eigenvalue weighted by molar-refractivity contribution is -0.420. The van der Waals surface area contributed by atoms with Crippen molar-refractivity contribution in [1.82, 2.24) is 0 Å². The standard InChI is InChI=1S/C7H12O5.C4H11NO/c1-7(12-2,3-5(8)9)4-6(10)11;1-4(5)3-6-2/h3-4H2,1-2H3,(H,8,9)(H,10,11);4H,3,5H2,1-2H3/p-1. The van der Waals surface area contributed by atoms with Crippen molar-refractivity contribution in [3.63, 3.8) is 0 Å². The fourth-order valence-corrected chi connectivity index (χ4v) is 1.10. The molecule has 3 N–H and O–H groups in total. The molecule has 0 aliphatic heterocycles. The van der Waals surface area contributed by atoms with Gasteiger partial charge >= 0.3 is 0 Å². The summed E-state index contributed by atoms with van der Waals surface area (Å²) in [5.41, 5.74) is 2.46. The Labute approximate surface area is 107 Å². The van der Waals surface area contributed by atoms with Gasteiger partial charge in [0, 0.05) is 39.0 Å². The minimum Gasteiger partial charge on any atom is -0.550 e. The fourth-order valence-electron chi connectivity index (χ4n) is 1.10. The first-order chi connectivity index (χ1) is 8.16. The second-order valence-corrected chi connectivity index (χ2v) is 4.31. The van der Waals surface area contributed by atoms with E-state index in [4.69, 9.17) is 9.47 Å². The zero-order valence-corrected chi connectivity index (χ0v) is 11.4. The van der Waals surface area contributed by atoms with Crippen molar-refractivity contribution in [2.24, 2.45) is 0 Å². The van der Waals surface area contributed by atoms with E-state index in [1.54, 1.807) is 7.11 Å². The summed E-state index contributed by atoms with van der Waals surface area (Å²) in [6.45, 7) is 4.15. The number of hydrogen-bond acceptors (Lipinski definition) is 6. The maximum atomic E-state index is 10.2. The van der Waals surface area contributed by atoms with E-state index < -0.39 is 30.4 Å². The van der Waals surface area contributed by atoms with Crippen LogP contribution in [-0.2, 0) is 19.1 Å². The molecule has 0 fully saturated rings. The number of carboxylic acids is 2. The van der Waals surface area contributed by atoms with Gasteiger partial charge in [-0.3, -0.25) is 0 Å². The van der Waals surface area contributed by atoms with E-state index in [-0.39, 0.29) is 0 Å². The number of ether oxygens (including phenoxy) is 2. The molecule has 0 radical (unpaired) electrons. The van der Waals surface area contributed by atoms with E-state index in [1.807, 2.05) is 6.92 Å². The number of quaternary nitrogens is 1. The Kier molecular flexibility index (Phi) is 10.4. The molecule has 7 nitrogen and oxygen atoms in total. The Balaban J connectivity index is 0. The molecule has 7 heteroatoms. The van der Waals surface area contributed by atoms with Crippen LogP contribution in [0.1, 0.15) is 26.7 Å². The predicted octanol–water partition coefficient (Wildman–Crippen LogP) is -3.07. The lowest BCUT2D eigenvalue weighted by atomic mass is 9.98. The predicted molar refractivity (Wildman–Crippen MR) is 58.9 cm³/mol. The lowest BCUT2D eigenvalue weighted by Gasteiger charge is -2.28. The van der Waals surface area contributed by atoms with Gasteiger partial charge in [-0.15, -0.1) is 0 Å². The van der Waals surface area contributed by atoms with Gasteiger partial charge in [0.05, 0.1) is 12.2 Å². The zero-order chi connectivity index (χ0) is 14.8. The van der Waals surface area contributed by atoms with E-state index in [2.05, 4.69) is 5.73 Å². The molecular weight excluding hydrogens is 242 g/mol. The van der Waals surface area contributed by atoms with Crippen molar-refractivity contribution < 1.29 is 35.0 Å². The normalized spacial score (nSPS) is 12.3. The molecule has 18 heavy (non-hydrogen) atoms. The summed E-state index contributed by atoms with van der Waals surface area (Å²) < 4.78 is 9.46. The topological polar surface area (TPSA) is 126 Å². The quantitative estimate of drug-likeness (QED) is 0.520. The molecule has 1 unspecified atom stereocenters. The van der Waals surface area contributed by atoms with Gasteiger partial charge in [0.2, 0.25) is 0 Å². The van der Waals surface area contributed by atoms with Crippen LogP contribution in [0.15, 0.2) is 0 Å². The second-order valence-electron chi connectivity index (χ2n) is 4.31. The monoisotopic (exact) mass is 264 g/mol. The zero-order valence-electron chi connectivity index (χ0n) is 11.4. The molecule has 0 heterocycles. The summed E-state index contributed by atoms with van der Waals surface area (Å²) in [5.74, 6) is -2.69. The SMILES string of the molecule is COC(C)(CC(=O)[O-])CC(=O)[O-].COCC(C)[NH3+]. The maximum absolute atomic E-state index is 10.2. The molecule has 0 aromatic carbocycles.